The van der Waals surface area contributed by atoms with E-state index in [0.29, 0.717) is 6.42 Å². The monoisotopic (exact) mass is 327 g/mol. The molecule has 24 heavy (non-hydrogen) atoms. The largest absolute Gasteiger partial charge is 0.496 e. The van der Waals surface area contributed by atoms with Crippen molar-refractivity contribution in [2.45, 2.75) is 38.6 Å². The number of amides is 1. The molecule has 1 saturated heterocycles. The van der Waals surface area contributed by atoms with Crippen LogP contribution in [-0.2, 0) is 18.3 Å². The number of hydrogen-bond donors (Lipinski definition) is 0. The van der Waals surface area contributed by atoms with Gasteiger partial charge in [-0.1, -0.05) is 12.1 Å². The molecule has 1 aromatic carbocycles. The average Bonchev–Trinajstić information content (AvgIpc) is 3.21. The first-order valence-corrected chi connectivity index (χ1v) is 8.51. The van der Waals surface area contributed by atoms with E-state index in [1.807, 2.05) is 35.7 Å². The fraction of sp³-hybridized carbons (Fsp3) is 0.474. The maximum atomic E-state index is 12.7. The van der Waals surface area contributed by atoms with Crippen molar-refractivity contribution in [1.82, 2.24) is 14.7 Å². The zero-order valence-electron chi connectivity index (χ0n) is 14.7. The molecule has 3 rings (SSSR count). The Morgan fingerprint density at radius 1 is 1.38 bits per heavy atom. The highest BCUT2D eigenvalue weighted by atomic mass is 16.5. The molecule has 0 aliphatic carbocycles. The Morgan fingerprint density at radius 3 is 2.88 bits per heavy atom. The lowest BCUT2D eigenvalue weighted by atomic mass is 10.0. The SMILES string of the molecule is COc1ccc([C@H]2CCCN2C(=O)CCc2ccnn2C)cc1C. The molecular formula is C19H25N3O2. The summed E-state index contributed by atoms with van der Waals surface area (Å²) in [7, 11) is 3.60. The molecule has 1 aliphatic rings. The van der Waals surface area contributed by atoms with Crippen molar-refractivity contribution in [2.24, 2.45) is 7.05 Å². The van der Waals surface area contributed by atoms with E-state index in [0.717, 1.165) is 42.8 Å². The number of rotatable bonds is 5. The van der Waals surface area contributed by atoms with E-state index in [2.05, 4.69) is 17.2 Å². The molecule has 0 bridgehead atoms. The number of aromatic nitrogens is 2. The number of aryl methyl sites for hydroxylation is 3. The fourth-order valence-corrected chi connectivity index (χ4v) is 3.55. The zero-order valence-corrected chi connectivity index (χ0v) is 14.7. The van der Waals surface area contributed by atoms with Gasteiger partial charge >= 0.3 is 0 Å². The minimum Gasteiger partial charge on any atom is -0.496 e. The topological polar surface area (TPSA) is 47.4 Å². The quantitative estimate of drug-likeness (QED) is 0.848. The lowest BCUT2D eigenvalue weighted by Gasteiger charge is -2.26. The molecule has 1 fully saturated rings. The highest BCUT2D eigenvalue weighted by molar-refractivity contribution is 5.77. The summed E-state index contributed by atoms with van der Waals surface area (Å²) in [5.74, 6) is 1.12. The summed E-state index contributed by atoms with van der Waals surface area (Å²) in [5, 5.41) is 4.16. The Bertz CT molecular complexity index is 723. The van der Waals surface area contributed by atoms with Crippen LogP contribution in [0.5, 0.6) is 5.75 Å². The van der Waals surface area contributed by atoms with Crippen LogP contribution in [0.3, 0.4) is 0 Å². The molecule has 0 N–H and O–H groups in total. The van der Waals surface area contributed by atoms with Gasteiger partial charge in [-0.3, -0.25) is 9.48 Å². The summed E-state index contributed by atoms with van der Waals surface area (Å²) in [6, 6.07) is 8.40. The Morgan fingerprint density at radius 2 is 2.21 bits per heavy atom. The van der Waals surface area contributed by atoms with Gasteiger partial charge in [0, 0.05) is 31.9 Å². The third-order valence-electron chi connectivity index (χ3n) is 4.89. The van der Waals surface area contributed by atoms with Crippen LogP contribution in [0, 0.1) is 6.92 Å². The third kappa shape index (κ3) is 3.30. The van der Waals surface area contributed by atoms with Crippen molar-refractivity contribution in [3.05, 3.63) is 47.3 Å². The number of likely N-dealkylation sites (tertiary alicyclic amines) is 1. The second-order valence-electron chi connectivity index (χ2n) is 6.42. The van der Waals surface area contributed by atoms with Crippen LogP contribution in [0.2, 0.25) is 0 Å². The van der Waals surface area contributed by atoms with E-state index in [1.165, 1.54) is 5.56 Å². The minimum absolute atomic E-state index is 0.189. The summed E-state index contributed by atoms with van der Waals surface area (Å²) in [6.45, 7) is 2.89. The molecule has 1 aromatic heterocycles. The van der Waals surface area contributed by atoms with Crippen molar-refractivity contribution in [2.75, 3.05) is 13.7 Å². The first kappa shape index (κ1) is 16.6. The van der Waals surface area contributed by atoms with E-state index in [-0.39, 0.29) is 11.9 Å². The van der Waals surface area contributed by atoms with Gasteiger partial charge in [-0.25, -0.2) is 0 Å². The number of nitrogens with zero attached hydrogens (tertiary/aromatic N) is 3. The van der Waals surface area contributed by atoms with Gasteiger partial charge in [-0.05, 0) is 49.4 Å². The first-order chi connectivity index (χ1) is 11.6. The van der Waals surface area contributed by atoms with Gasteiger partial charge in [0.2, 0.25) is 5.91 Å². The molecular weight excluding hydrogens is 302 g/mol. The van der Waals surface area contributed by atoms with E-state index < -0.39 is 0 Å². The summed E-state index contributed by atoms with van der Waals surface area (Å²) in [6.07, 6.45) is 5.14. The van der Waals surface area contributed by atoms with Crippen LogP contribution in [-0.4, -0.2) is 34.2 Å². The second-order valence-corrected chi connectivity index (χ2v) is 6.42. The van der Waals surface area contributed by atoms with Crippen LogP contribution >= 0.6 is 0 Å². The Balaban J connectivity index is 1.69. The number of methoxy groups -OCH3 is 1. The van der Waals surface area contributed by atoms with Crippen molar-refractivity contribution in [3.8, 4) is 5.75 Å². The molecule has 0 unspecified atom stereocenters. The average molecular weight is 327 g/mol. The van der Waals surface area contributed by atoms with Gasteiger partial charge in [-0.2, -0.15) is 5.10 Å². The molecule has 2 aromatic rings. The Labute approximate surface area is 143 Å². The number of carbonyl (C=O) groups is 1. The van der Waals surface area contributed by atoms with Gasteiger partial charge < -0.3 is 9.64 Å². The number of hydrogen-bond acceptors (Lipinski definition) is 3. The first-order valence-electron chi connectivity index (χ1n) is 8.51. The second kappa shape index (κ2) is 7.07. The maximum absolute atomic E-state index is 12.7. The molecule has 1 atom stereocenters. The van der Waals surface area contributed by atoms with Crippen LogP contribution in [0.1, 0.15) is 42.1 Å². The van der Waals surface area contributed by atoms with E-state index >= 15 is 0 Å². The van der Waals surface area contributed by atoms with Crippen LogP contribution in [0.15, 0.2) is 30.5 Å². The van der Waals surface area contributed by atoms with E-state index in [4.69, 9.17) is 4.74 Å². The minimum atomic E-state index is 0.189. The van der Waals surface area contributed by atoms with Crippen molar-refractivity contribution in [1.29, 1.82) is 0 Å². The van der Waals surface area contributed by atoms with Crippen molar-refractivity contribution in [3.63, 3.8) is 0 Å². The van der Waals surface area contributed by atoms with Crippen molar-refractivity contribution >= 4 is 5.91 Å². The van der Waals surface area contributed by atoms with Gasteiger partial charge in [-0.15, -0.1) is 0 Å². The fourth-order valence-electron chi connectivity index (χ4n) is 3.55. The number of carbonyl (C=O) groups excluding carboxylic acids is 1. The predicted molar refractivity (Wildman–Crippen MR) is 92.9 cm³/mol. The third-order valence-corrected chi connectivity index (χ3v) is 4.89. The molecule has 5 nitrogen and oxygen atoms in total. The number of ether oxygens (including phenoxy) is 1. The van der Waals surface area contributed by atoms with Gasteiger partial charge in [0.15, 0.2) is 0 Å². The molecule has 1 amide bonds. The molecule has 0 spiro atoms. The lowest BCUT2D eigenvalue weighted by Crippen LogP contribution is -2.30. The maximum Gasteiger partial charge on any atom is 0.223 e. The lowest BCUT2D eigenvalue weighted by molar-refractivity contribution is -0.132. The molecule has 0 saturated carbocycles. The van der Waals surface area contributed by atoms with Crippen molar-refractivity contribution < 1.29 is 9.53 Å². The zero-order chi connectivity index (χ0) is 17.1. The summed E-state index contributed by atoms with van der Waals surface area (Å²) in [5.41, 5.74) is 3.42. The van der Waals surface area contributed by atoms with Crippen LogP contribution < -0.4 is 4.74 Å². The smallest absolute Gasteiger partial charge is 0.223 e. The summed E-state index contributed by atoms with van der Waals surface area (Å²) in [4.78, 5) is 14.8. The molecule has 5 heteroatoms. The normalized spacial score (nSPS) is 17.3. The standard InChI is InChI=1S/C19H25N3O2/c1-14-13-15(6-8-18(14)24-3)17-5-4-12-22(17)19(23)9-7-16-10-11-20-21(16)2/h6,8,10-11,13,17H,4-5,7,9,12H2,1-3H3/t17-/m1/s1. The van der Waals surface area contributed by atoms with E-state index in [9.17, 15) is 4.79 Å². The highest BCUT2D eigenvalue weighted by Gasteiger charge is 2.29. The predicted octanol–water partition coefficient (Wildman–Crippen LogP) is 3.03. The number of benzene rings is 1. The molecule has 128 valence electrons. The highest BCUT2D eigenvalue weighted by Crippen LogP contribution is 2.34. The Kier molecular flexibility index (Phi) is 4.88. The molecule has 1 aliphatic heterocycles. The molecule has 0 radical (unpaired) electrons. The van der Waals surface area contributed by atoms with Crippen LogP contribution in [0.4, 0.5) is 0 Å². The van der Waals surface area contributed by atoms with Crippen LogP contribution in [0.25, 0.3) is 0 Å². The summed E-state index contributed by atoms with van der Waals surface area (Å²) < 4.78 is 7.17. The molecule has 2 heterocycles. The summed E-state index contributed by atoms with van der Waals surface area (Å²) >= 11 is 0. The van der Waals surface area contributed by atoms with Gasteiger partial charge in [0.1, 0.15) is 5.75 Å². The Hall–Kier alpha value is -2.30. The van der Waals surface area contributed by atoms with E-state index in [1.54, 1.807) is 13.3 Å². The van der Waals surface area contributed by atoms with Gasteiger partial charge in [0.25, 0.3) is 0 Å². The van der Waals surface area contributed by atoms with Gasteiger partial charge in [0.05, 0.1) is 13.2 Å².